The fourth-order valence-electron chi connectivity index (χ4n) is 2.78. The zero-order valence-corrected chi connectivity index (χ0v) is 14.9. The van der Waals surface area contributed by atoms with Gasteiger partial charge in [-0.25, -0.2) is 0 Å². The molecular formula is C18H21ClN4O2. The molecule has 132 valence electrons. The maximum atomic E-state index is 12.6. The minimum Gasteiger partial charge on any atom is -0.355 e. The molecule has 2 aromatic rings. The first-order valence-corrected chi connectivity index (χ1v) is 8.86. The second-order valence-corrected chi connectivity index (χ2v) is 6.51. The van der Waals surface area contributed by atoms with Crippen LogP contribution in [0.25, 0.3) is 11.3 Å². The Balaban J connectivity index is 1.70. The largest absolute Gasteiger partial charge is 0.355 e. The Kier molecular flexibility index (Phi) is 5.38. The molecule has 7 heteroatoms. The average molecular weight is 361 g/mol. The summed E-state index contributed by atoms with van der Waals surface area (Å²) in [5, 5.41) is 8.00. The third-order valence-electron chi connectivity index (χ3n) is 4.19. The third kappa shape index (κ3) is 4.02. The predicted molar refractivity (Wildman–Crippen MR) is 96.5 cm³/mol. The van der Waals surface area contributed by atoms with Crippen LogP contribution in [0.2, 0.25) is 5.02 Å². The molecule has 0 bridgehead atoms. The van der Waals surface area contributed by atoms with E-state index in [4.69, 9.17) is 11.6 Å². The predicted octanol–water partition coefficient (Wildman–Crippen LogP) is 2.58. The van der Waals surface area contributed by atoms with Gasteiger partial charge in [0.05, 0.1) is 18.8 Å². The highest BCUT2D eigenvalue weighted by molar-refractivity contribution is 6.30. The Morgan fingerprint density at radius 3 is 2.76 bits per heavy atom. The van der Waals surface area contributed by atoms with Crippen molar-refractivity contribution in [3.8, 4) is 11.3 Å². The molecule has 0 atom stereocenters. The smallest absolute Gasteiger partial charge is 0.272 e. The summed E-state index contributed by atoms with van der Waals surface area (Å²) in [4.78, 5) is 26.2. The molecule has 25 heavy (non-hydrogen) atoms. The lowest BCUT2D eigenvalue weighted by Crippen LogP contribution is -2.46. The monoisotopic (exact) mass is 360 g/mol. The van der Waals surface area contributed by atoms with Crippen LogP contribution in [0, 0.1) is 0 Å². The van der Waals surface area contributed by atoms with E-state index in [2.05, 4.69) is 17.3 Å². The maximum Gasteiger partial charge on any atom is 0.272 e. The molecule has 1 aliphatic heterocycles. The van der Waals surface area contributed by atoms with Crippen molar-refractivity contribution in [2.24, 2.45) is 0 Å². The van der Waals surface area contributed by atoms with Gasteiger partial charge in [0.25, 0.3) is 5.91 Å². The molecule has 1 aliphatic rings. The van der Waals surface area contributed by atoms with Crippen LogP contribution in [0.1, 0.15) is 30.3 Å². The first kappa shape index (κ1) is 17.5. The van der Waals surface area contributed by atoms with Crippen molar-refractivity contribution >= 4 is 23.4 Å². The molecule has 2 heterocycles. The van der Waals surface area contributed by atoms with Crippen molar-refractivity contribution in [1.82, 2.24) is 20.0 Å². The lowest BCUT2D eigenvalue weighted by Gasteiger charge is -2.26. The highest BCUT2D eigenvalue weighted by Gasteiger charge is 2.27. The fourth-order valence-corrected chi connectivity index (χ4v) is 2.91. The van der Waals surface area contributed by atoms with Crippen molar-refractivity contribution in [2.45, 2.75) is 26.3 Å². The lowest BCUT2D eigenvalue weighted by molar-refractivity contribution is -0.121. The highest BCUT2D eigenvalue weighted by Crippen LogP contribution is 2.23. The molecule has 1 aromatic heterocycles. The maximum absolute atomic E-state index is 12.6. The van der Waals surface area contributed by atoms with Crippen molar-refractivity contribution in [3.63, 3.8) is 0 Å². The summed E-state index contributed by atoms with van der Waals surface area (Å²) in [6, 6.07) is 9.11. The molecule has 0 aliphatic carbocycles. The van der Waals surface area contributed by atoms with Crippen LogP contribution in [0.4, 0.5) is 0 Å². The standard InChI is InChI=1S/C18H21ClN4O2/c1-2-3-8-20-17(24)12-22-9-10-23-16(18(22)25)11-15(21-23)13-4-6-14(19)7-5-13/h4-7,11H,2-3,8-10,12H2,1H3,(H,20,24). The minimum absolute atomic E-state index is 0.0873. The van der Waals surface area contributed by atoms with Gasteiger partial charge in [0.2, 0.25) is 5.91 Å². The second-order valence-electron chi connectivity index (χ2n) is 6.08. The Morgan fingerprint density at radius 1 is 1.28 bits per heavy atom. The molecule has 0 unspecified atom stereocenters. The van der Waals surface area contributed by atoms with E-state index in [1.54, 1.807) is 27.8 Å². The summed E-state index contributed by atoms with van der Waals surface area (Å²) < 4.78 is 1.71. The van der Waals surface area contributed by atoms with Gasteiger partial charge in [0.1, 0.15) is 5.69 Å². The third-order valence-corrected chi connectivity index (χ3v) is 4.45. The van der Waals surface area contributed by atoms with E-state index in [1.165, 1.54) is 0 Å². The van der Waals surface area contributed by atoms with Gasteiger partial charge >= 0.3 is 0 Å². The quantitative estimate of drug-likeness (QED) is 0.805. The number of benzene rings is 1. The van der Waals surface area contributed by atoms with Gasteiger partial charge in [-0.1, -0.05) is 37.1 Å². The number of fused-ring (bicyclic) bond motifs is 1. The topological polar surface area (TPSA) is 67.2 Å². The number of aromatic nitrogens is 2. The van der Waals surface area contributed by atoms with Crippen LogP contribution in [-0.2, 0) is 11.3 Å². The van der Waals surface area contributed by atoms with Crippen LogP contribution in [-0.4, -0.2) is 46.1 Å². The van der Waals surface area contributed by atoms with E-state index in [0.29, 0.717) is 30.4 Å². The number of carbonyl (C=O) groups excluding carboxylic acids is 2. The molecule has 0 saturated carbocycles. The second kappa shape index (κ2) is 7.70. The van der Waals surface area contributed by atoms with Crippen LogP contribution in [0.5, 0.6) is 0 Å². The van der Waals surface area contributed by atoms with E-state index in [1.807, 2.05) is 12.1 Å². The number of halogens is 1. The van der Waals surface area contributed by atoms with Gasteiger partial charge in [0.15, 0.2) is 0 Å². The summed E-state index contributed by atoms with van der Waals surface area (Å²) in [5.74, 6) is -0.280. The zero-order chi connectivity index (χ0) is 17.8. The number of nitrogens with zero attached hydrogens (tertiary/aromatic N) is 3. The summed E-state index contributed by atoms with van der Waals surface area (Å²) in [7, 11) is 0. The summed E-state index contributed by atoms with van der Waals surface area (Å²) in [6.07, 6.45) is 1.96. The van der Waals surface area contributed by atoms with Gasteiger partial charge < -0.3 is 10.2 Å². The Labute approximate surface area is 151 Å². The van der Waals surface area contributed by atoms with Gasteiger partial charge in [0, 0.05) is 23.7 Å². The fraction of sp³-hybridized carbons (Fsp3) is 0.389. The molecule has 0 spiro atoms. The molecule has 6 nitrogen and oxygen atoms in total. The van der Waals surface area contributed by atoms with Gasteiger partial charge in [-0.05, 0) is 24.6 Å². The zero-order valence-electron chi connectivity index (χ0n) is 14.2. The first-order valence-electron chi connectivity index (χ1n) is 8.48. The van der Waals surface area contributed by atoms with Crippen molar-refractivity contribution in [2.75, 3.05) is 19.6 Å². The molecule has 0 fully saturated rings. The molecule has 0 radical (unpaired) electrons. The number of carbonyl (C=O) groups is 2. The van der Waals surface area contributed by atoms with Crippen LogP contribution < -0.4 is 5.32 Å². The van der Waals surface area contributed by atoms with Crippen molar-refractivity contribution < 1.29 is 9.59 Å². The minimum atomic E-state index is -0.162. The Bertz CT molecular complexity index is 770. The van der Waals surface area contributed by atoms with E-state index in [-0.39, 0.29) is 18.4 Å². The Morgan fingerprint density at radius 2 is 2.04 bits per heavy atom. The van der Waals surface area contributed by atoms with Crippen LogP contribution >= 0.6 is 11.6 Å². The highest BCUT2D eigenvalue weighted by atomic mass is 35.5. The number of rotatable bonds is 6. The molecule has 0 saturated heterocycles. The molecule has 3 rings (SSSR count). The van der Waals surface area contributed by atoms with Crippen molar-refractivity contribution in [3.05, 3.63) is 41.0 Å². The Hall–Kier alpha value is -2.34. The normalized spacial score (nSPS) is 13.7. The summed E-state index contributed by atoms with van der Waals surface area (Å²) in [5.41, 5.74) is 2.15. The van der Waals surface area contributed by atoms with E-state index < -0.39 is 0 Å². The lowest BCUT2D eigenvalue weighted by atomic mass is 10.1. The number of amides is 2. The van der Waals surface area contributed by atoms with Gasteiger partial charge in [-0.2, -0.15) is 5.10 Å². The van der Waals surface area contributed by atoms with Gasteiger partial charge in [-0.15, -0.1) is 0 Å². The number of unbranched alkanes of at least 4 members (excludes halogenated alkanes) is 1. The summed E-state index contributed by atoms with van der Waals surface area (Å²) >= 11 is 5.91. The van der Waals surface area contributed by atoms with Gasteiger partial charge in [-0.3, -0.25) is 14.3 Å². The molecule has 2 amide bonds. The molecular weight excluding hydrogens is 340 g/mol. The number of nitrogens with one attached hydrogen (secondary N) is 1. The molecule has 1 aromatic carbocycles. The SMILES string of the molecule is CCCCNC(=O)CN1CCn2nc(-c3ccc(Cl)cc3)cc2C1=O. The average Bonchev–Trinajstić information content (AvgIpc) is 3.03. The number of hydrogen-bond acceptors (Lipinski definition) is 3. The van der Waals surface area contributed by atoms with E-state index in [9.17, 15) is 9.59 Å². The van der Waals surface area contributed by atoms with Crippen LogP contribution in [0.15, 0.2) is 30.3 Å². The summed E-state index contributed by atoms with van der Waals surface area (Å²) in [6.45, 7) is 3.87. The first-order chi connectivity index (χ1) is 12.1. The van der Waals surface area contributed by atoms with E-state index in [0.717, 1.165) is 24.1 Å². The van der Waals surface area contributed by atoms with E-state index >= 15 is 0 Å². The molecule has 1 N–H and O–H groups in total. The van der Waals surface area contributed by atoms with Crippen molar-refractivity contribution in [1.29, 1.82) is 0 Å². The van der Waals surface area contributed by atoms with Crippen LogP contribution in [0.3, 0.4) is 0 Å². The number of hydrogen-bond donors (Lipinski definition) is 1.